The summed E-state index contributed by atoms with van der Waals surface area (Å²) in [7, 11) is 3.75. The Kier molecular flexibility index (Phi) is 5.45. The van der Waals surface area contributed by atoms with Crippen LogP contribution < -0.4 is 11.3 Å². The quantitative estimate of drug-likeness (QED) is 0.494. The maximum Gasteiger partial charge on any atom is 0.143 e. The zero-order chi connectivity index (χ0) is 13.0. The second-order valence-electron chi connectivity index (χ2n) is 4.15. The first kappa shape index (κ1) is 14.5. The van der Waals surface area contributed by atoms with Gasteiger partial charge in [0.05, 0.1) is 4.47 Å². The van der Waals surface area contributed by atoms with E-state index < -0.39 is 11.6 Å². The number of rotatable bonds is 5. The van der Waals surface area contributed by atoms with Gasteiger partial charge in [0.1, 0.15) is 11.6 Å². The molecule has 1 atom stereocenters. The fourth-order valence-electron chi connectivity index (χ4n) is 1.62. The van der Waals surface area contributed by atoms with Gasteiger partial charge in [0.15, 0.2) is 0 Å². The number of hydrazine groups is 1. The molecule has 0 saturated heterocycles. The summed E-state index contributed by atoms with van der Waals surface area (Å²) >= 11 is 3.04. The minimum absolute atomic E-state index is 0.0455. The van der Waals surface area contributed by atoms with Gasteiger partial charge in [0.25, 0.3) is 0 Å². The fraction of sp³-hybridized carbons (Fsp3) is 0.455. The second kappa shape index (κ2) is 6.39. The van der Waals surface area contributed by atoms with Gasteiger partial charge < -0.3 is 4.90 Å². The van der Waals surface area contributed by atoms with Crippen molar-refractivity contribution in [3.63, 3.8) is 0 Å². The molecular weight excluding hydrogens is 292 g/mol. The number of halogens is 3. The van der Waals surface area contributed by atoms with Gasteiger partial charge in [-0.15, -0.1) is 0 Å². The molecule has 0 heterocycles. The third-order valence-electron chi connectivity index (χ3n) is 2.41. The molecule has 1 aromatic carbocycles. The Balaban J connectivity index is 2.89. The van der Waals surface area contributed by atoms with Crippen LogP contribution in [-0.2, 0) is 6.42 Å². The smallest absolute Gasteiger partial charge is 0.143 e. The van der Waals surface area contributed by atoms with Crippen molar-refractivity contribution in [2.45, 2.75) is 12.5 Å². The van der Waals surface area contributed by atoms with Gasteiger partial charge in [-0.05, 0) is 48.6 Å². The normalized spacial score (nSPS) is 13.1. The lowest BCUT2D eigenvalue weighted by atomic mass is 10.0. The van der Waals surface area contributed by atoms with Crippen LogP contribution in [0.25, 0.3) is 0 Å². The average molecular weight is 308 g/mol. The van der Waals surface area contributed by atoms with Crippen molar-refractivity contribution < 1.29 is 8.78 Å². The van der Waals surface area contributed by atoms with Crippen molar-refractivity contribution in [1.82, 2.24) is 10.3 Å². The van der Waals surface area contributed by atoms with Crippen molar-refractivity contribution in [2.75, 3.05) is 20.6 Å². The van der Waals surface area contributed by atoms with Gasteiger partial charge in [-0.3, -0.25) is 11.3 Å². The van der Waals surface area contributed by atoms with Gasteiger partial charge in [-0.1, -0.05) is 0 Å². The zero-order valence-corrected chi connectivity index (χ0v) is 11.4. The van der Waals surface area contributed by atoms with Gasteiger partial charge in [-0.2, -0.15) is 0 Å². The van der Waals surface area contributed by atoms with Gasteiger partial charge in [0, 0.05) is 18.2 Å². The van der Waals surface area contributed by atoms with Crippen LogP contribution in [0.1, 0.15) is 5.56 Å². The third kappa shape index (κ3) is 3.99. The molecule has 17 heavy (non-hydrogen) atoms. The largest absolute Gasteiger partial charge is 0.308 e. The number of nitrogens with zero attached hydrogens (tertiary/aromatic N) is 1. The van der Waals surface area contributed by atoms with Crippen LogP contribution >= 0.6 is 15.9 Å². The molecule has 0 bridgehead atoms. The summed E-state index contributed by atoms with van der Waals surface area (Å²) in [6.45, 7) is 0.599. The predicted octanol–water partition coefficient (Wildman–Crippen LogP) is 1.66. The molecule has 1 rings (SSSR count). The first-order chi connectivity index (χ1) is 7.95. The van der Waals surface area contributed by atoms with Crippen LogP contribution in [-0.4, -0.2) is 31.6 Å². The Bertz CT molecular complexity index is 385. The molecule has 0 aliphatic rings. The second-order valence-corrected chi connectivity index (χ2v) is 5.01. The fourth-order valence-corrected chi connectivity index (χ4v) is 1.99. The highest BCUT2D eigenvalue weighted by Crippen LogP contribution is 2.22. The average Bonchev–Trinajstić information content (AvgIpc) is 2.27. The summed E-state index contributed by atoms with van der Waals surface area (Å²) in [5.41, 5.74) is 2.61. The maximum absolute atomic E-state index is 13.7. The van der Waals surface area contributed by atoms with E-state index in [1.54, 1.807) is 0 Å². The summed E-state index contributed by atoms with van der Waals surface area (Å²) in [5, 5.41) is 0. The first-order valence-electron chi connectivity index (χ1n) is 5.19. The number of likely N-dealkylation sites (N-methyl/N-ethyl adjacent to an activating group) is 1. The number of nitrogens with one attached hydrogen (secondary N) is 1. The van der Waals surface area contributed by atoms with E-state index in [2.05, 4.69) is 21.4 Å². The Morgan fingerprint density at radius 2 is 2.06 bits per heavy atom. The number of hydrogen-bond donors (Lipinski definition) is 2. The van der Waals surface area contributed by atoms with E-state index in [0.29, 0.717) is 6.54 Å². The van der Waals surface area contributed by atoms with Crippen molar-refractivity contribution in [3.05, 3.63) is 33.8 Å². The summed E-state index contributed by atoms with van der Waals surface area (Å²) in [6, 6.07) is 2.39. The molecule has 1 aromatic rings. The van der Waals surface area contributed by atoms with Gasteiger partial charge >= 0.3 is 0 Å². The molecule has 0 aliphatic carbocycles. The molecule has 3 N–H and O–H groups in total. The van der Waals surface area contributed by atoms with Crippen LogP contribution in [0.5, 0.6) is 0 Å². The lowest BCUT2D eigenvalue weighted by Crippen LogP contribution is -2.44. The van der Waals surface area contributed by atoms with Crippen LogP contribution in [0.15, 0.2) is 16.6 Å². The molecule has 1 unspecified atom stereocenters. The summed E-state index contributed by atoms with van der Waals surface area (Å²) in [5.74, 6) is 4.26. The molecule has 0 saturated carbocycles. The van der Waals surface area contributed by atoms with Crippen molar-refractivity contribution >= 4 is 15.9 Å². The highest BCUT2D eigenvalue weighted by molar-refractivity contribution is 9.10. The monoisotopic (exact) mass is 307 g/mol. The van der Waals surface area contributed by atoms with E-state index >= 15 is 0 Å². The first-order valence-corrected chi connectivity index (χ1v) is 5.98. The van der Waals surface area contributed by atoms with Crippen LogP contribution in [0, 0.1) is 11.6 Å². The molecule has 0 radical (unpaired) electrons. The molecule has 0 amide bonds. The number of benzene rings is 1. The molecule has 0 aromatic heterocycles. The molecular formula is C11H16BrF2N3. The third-order valence-corrected chi connectivity index (χ3v) is 3.02. The standard InChI is InChI=1S/C11H16BrF2N3/c1-17(2)6-7(16-15)5-8-10(13)4-3-9(12)11(8)14/h3-4,7,16H,5-6,15H2,1-2H3. The SMILES string of the molecule is CN(C)CC(Cc1c(F)ccc(Br)c1F)NN. The molecule has 3 nitrogen and oxygen atoms in total. The van der Waals surface area contributed by atoms with Gasteiger partial charge in [-0.25, -0.2) is 8.78 Å². The Morgan fingerprint density at radius 1 is 1.41 bits per heavy atom. The predicted molar refractivity (Wildman–Crippen MR) is 67.4 cm³/mol. The number of nitrogens with two attached hydrogens (primary N) is 1. The van der Waals surface area contributed by atoms with Crippen molar-refractivity contribution in [3.8, 4) is 0 Å². The van der Waals surface area contributed by atoms with Crippen molar-refractivity contribution in [2.24, 2.45) is 5.84 Å². The summed E-state index contributed by atoms with van der Waals surface area (Å²) < 4.78 is 27.5. The Labute approximate surface area is 108 Å². The summed E-state index contributed by atoms with van der Waals surface area (Å²) in [6.07, 6.45) is 0.200. The van der Waals surface area contributed by atoms with Crippen LogP contribution in [0.3, 0.4) is 0 Å². The van der Waals surface area contributed by atoms with Crippen LogP contribution in [0.2, 0.25) is 0 Å². The highest BCUT2D eigenvalue weighted by atomic mass is 79.9. The van der Waals surface area contributed by atoms with E-state index in [0.717, 1.165) is 0 Å². The van der Waals surface area contributed by atoms with E-state index in [1.165, 1.54) is 12.1 Å². The molecule has 0 fully saturated rings. The van der Waals surface area contributed by atoms with E-state index in [-0.39, 0.29) is 22.5 Å². The van der Waals surface area contributed by atoms with E-state index in [4.69, 9.17) is 5.84 Å². The Hall–Kier alpha value is -0.560. The molecule has 96 valence electrons. The highest BCUT2D eigenvalue weighted by Gasteiger charge is 2.17. The Morgan fingerprint density at radius 3 is 2.59 bits per heavy atom. The van der Waals surface area contributed by atoms with Gasteiger partial charge in [0.2, 0.25) is 0 Å². The lowest BCUT2D eigenvalue weighted by molar-refractivity contribution is 0.334. The lowest BCUT2D eigenvalue weighted by Gasteiger charge is -2.20. The van der Waals surface area contributed by atoms with Crippen molar-refractivity contribution in [1.29, 1.82) is 0 Å². The minimum atomic E-state index is -0.566. The topological polar surface area (TPSA) is 41.3 Å². The zero-order valence-electron chi connectivity index (χ0n) is 9.80. The minimum Gasteiger partial charge on any atom is -0.308 e. The molecule has 6 heteroatoms. The molecule has 0 aliphatic heterocycles. The molecule has 0 spiro atoms. The summed E-state index contributed by atoms with van der Waals surface area (Å²) in [4.78, 5) is 1.90. The van der Waals surface area contributed by atoms with E-state index in [1.807, 2.05) is 19.0 Å². The van der Waals surface area contributed by atoms with Crippen LogP contribution in [0.4, 0.5) is 8.78 Å². The number of hydrogen-bond acceptors (Lipinski definition) is 3. The maximum atomic E-state index is 13.7. The van der Waals surface area contributed by atoms with E-state index in [9.17, 15) is 8.78 Å².